The Morgan fingerprint density at radius 1 is 1.36 bits per heavy atom. The largest absolute Gasteiger partial charge is 0.481 e. The van der Waals surface area contributed by atoms with Crippen molar-refractivity contribution in [2.45, 2.75) is 30.6 Å². The van der Waals surface area contributed by atoms with Crippen molar-refractivity contribution in [3.05, 3.63) is 24.3 Å². The molecule has 0 fully saturated rings. The van der Waals surface area contributed by atoms with Crippen LogP contribution in [0, 0.1) is 0 Å². The highest BCUT2D eigenvalue weighted by Crippen LogP contribution is 2.29. The van der Waals surface area contributed by atoms with Gasteiger partial charge in [0.2, 0.25) is 5.91 Å². The Morgan fingerprint density at radius 2 is 2.09 bits per heavy atom. The van der Waals surface area contributed by atoms with Crippen LogP contribution in [0.3, 0.4) is 0 Å². The molecule has 118 valence electrons. The molecular formula is C15H18N2O3S2. The van der Waals surface area contributed by atoms with Crippen LogP contribution in [0.25, 0.3) is 10.2 Å². The fraction of sp³-hybridized carbons (Fsp3) is 0.400. The monoisotopic (exact) mass is 338 g/mol. The lowest BCUT2D eigenvalue weighted by molar-refractivity contribution is -0.138. The number of aromatic nitrogens is 1. The zero-order chi connectivity index (χ0) is 16.1. The van der Waals surface area contributed by atoms with E-state index in [0.29, 0.717) is 0 Å². The number of thiazole rings is 1. The molecule has 0 saturated carbocycles. The summed E-state index contributed by atoms with van der Waals surface area (Å²) in [5, 5.41) is 8.76. The quantitative estimate of drug-likeness (QED) is 0.786. The van der Waals surface area contributed by atoms with Gasteiger partial charge in [0.15, 0.2) is 4.34 Å². The molecule has 0 atom stereocenters. The van der Waals surface area contributed by atoms with Gasteiger partial charge < -0.3 is 10.0 Å². The summed E-state index contributed by atoms with van der Waals surface area (Å²) < 4.78 is 1.96. The van der Waals surface area contributed by atoms with Crippen molar-refractivity contribution in [2.24, 2.45) is 0 Å². The van der Waals surface area contributed by atoms with E-state index >= 15 is 0 Å². The first kappa shape index (κ1) is 16.8. The molecule has 22 heavy (non-hydrogen) atoms. The van der Waals surface area contributed by atoms with Crippen LogP contribution in [0.2, 0.25) is 0 Å². The number of nitrogens with zero attached hydrogens (tertiary/aromatic N) is 2. The van der Waals surface area contributed by atoms with Gasteiger partial charge in [-0.3, -0.25) is 9.59 Å². The standard InChI is InChI=1S/C15H18N2O3S2/c1-10(2)17(8-7-14(19)20)13(18)9-21-15-16-11-5-3-4-6-12(11)22-15/h3-6,10H,7-9H2,1-2H3,(H,19,20). The number of rotatable bonds is 7. The zero-order valence-electron chi connectivity index (χ0n) is 12.5. The maximum absolute atomic E-state index is 12.3. The van der Waals surface area contributed by atoms with Gasteiger partial charge in [-0.2, -0.15) is 0 Å². The number of hydrogen-bond donors (Lipinski definition) is 1. The van der Waals surface area contributed by atoms with E-state index in [2.05, 4.69) is 4.98 Å². The topological polar surface area (TPSA) is 70.5 Å². The molecule has 7 heteroatoms. The lowest BCUT2D eigenvalue weighted by Gasteiger charge is -2.25. The van der Waals surface area contributed by atoms with Gasteiger partial charge in [-0.15, -0.1) is 11.3 Å². The Balaban J connectivity index is 1.96. The molecule has 1 heterocycles. The summed E-state index contributed by atoms with van der Waals surface area (Å²) in [6, 6.07) is 7.85. The van der Waals surface area contributed by atoms with Crippen LogP contribution in [-0.4, -0.2) is 45.2 Å². The van der Waals surface area contributed by atoms with Crippen LogP contribution < -0.4 is 0 Å². The number of amides is 1. The van der Waals surface area contributed by atoms with Gasteiger partial charge in [0, 0.05) is 12.6 Å². The van der Waals surface area contributed by atoms with E-state index in [1.807, 2.05) is 38.1 Å². The first-order chi connectivity index (χ1) is 10.5. The van der Waals surface area contributed by atoms with E-state index in [1.165, 1.54) is 11.8 Å². The smallest absolute Gasteiger partial charge is 0.305 e. The van der Waals surface area contributed by atoms with Crippen molar-refractivity contribution in [3.63, 3.8) is 0 Å². The van der Waals surface area contributed by atoms with Crippen molar-refractivity contribution in [1.29, 1.82) is 0 Å². The third-order valence-electron chi connectivity index (χ3n) is 3.10. The third-order valence-corrected chi connectivity index (χ3v) is 5.27. The summed E-state index contributed by atoms with van der Waals surface area (Å²) in [5.41, 5.74) is 0.939. The Labute approximate surface area is 137 Å². The van der Waals surface area contributed by atoms with Crippen LogP contribution >= 0.6 is 23.1 Å². The molecule has 0 bridgehead atoms. The van der Waals surface area contributed by atoms with Crippen molar-refractivity contribution >= 4 is 45.2 Å². The Hall–Kier alpha value is -1.60. The van der Waals surface area contributed by atoms with Crippen LogP contribution in [-0.2, 0) is 9.59 Å². The van der Waals surface area contributed by atoms with E-state index in [9.17, 15) is 9.59 Å². The fourth-order valence-electron chi connectivity index (χ4n) is 2.01. The van der Waals surface area contributed by atoms with E-state index < -0.39 is 5.97 Å². The summed E-state index contributed by atoms with van der Waals surface area (Å²) in [4.78, 5) is 29.0. The second-order valence-electron chi connectivity index (χ2n) is 5.06. The maximum Gasteiger partial charge on any atom is 0.305 e. The minimum Gasteiger partial charge on any atom is -0.481 e. The minimum absolute atomic E-state index is 0.0113. The van der Waals surface area contributed by atoms with Crippen molar-refractivity contribution in [3.8, 4) is 0 Å². The number of benzene rings is 1. The van der Waals surface area contributed by atoms with Gasteiger partial charge >= 0.3 is 5.97 Å². The maximum atomic E-state index is 12.3. The van der Waals surface area contributed by atoms with Gasteiger partial charge in [-0.05, 0) is 26.0 Å². The number of fused-ring (bicyclic) bond motifs is 1. The predicted molar refractivity (Wildman–Crippen MR) is 89.4 cm³/mol. The molecule has 2 aromatic rings. The second kappa shape index (κ2) is 7.60. The molecule has 0 saturated heterocycles. The average Bonchev–Trinajstić information content (AvgIpc) is 2.87. The normalized spacial score (nSPS) is 11.0. The number of aliphatic carboxylic acids is 1. The number of hydrogen-bond acceptors (Lipinski definition) is 5. The molecule has 0 aliphatic rings. The number of thioether (sulfide) groups is 1. The van der Waals surface area contributed by atoms with Crippen molar-refractivity contribution in [2.75, 3.05) is 12.3 Å². The number of carboxylic acids is 1. The van der Waals surface area contributed by atoms with Gasteiger partial charge in [0.05, 0.1) is 22.4 Å². The van der Waals surface area contributed by atoms with E-state index in [4.69, 9.17) is 5.11 Å². The highest BCUT2D eigenvalue weighted by Gasteiger charge is 2.18. The summed E-state index contributed by atoms with van der Waals surface area (Å²) >= 11 is 2.97. The Morgan fingerprint density at radius 3 is 2.73 bits per heavy atom. The van der Waals surface area contributed by atoms with Gasteiger partial charge in [-0.1, -0.05) is 23.9 Å². The Bertz CT molecular complexity index is 637. The van der Waals surface area contributed by atoms with Crippen LogP contribution in [0.5, 0.6) is 0 Å². The molecular weight excluding hydrogens is 320 g/mol. The first-order valence-electron chi connectivity index (χ1n) is 6.97. The van der Waals surface area contributed by atoms with Crippen molar-refractivity contribution < 1.29 is 14.7 Å². The summed E-state index contributed by atoms with van der Waals surface area (Å²) in [7, 11) is 0. The third kappa shape index (κ3) is 4.45. The highest BCUT2D eigenvalue weighted by molar-refractivity contribution is 8.01. The molecule has 1 aromatic heterocycles. The Kier molecular flexibility index (Phi) is 5.79. The molecule has 0 aliphatic carbocycles. The SMILES string of the molecule is CC(C)N(CCC(=O)O)C(=O)CSc1nc2ccccc2s1. The van der Waals surface area contributed by atoms with Gasteiger partial charge in [-0.25, -0.2) is 4.98 Å². The summed E-state index contributed by atoms with van der Waals surface area (Å²) in [6.07, 6.45) is -0.0320. The van der Waals surface area contributed by atoms with Crippen molar-refractivity contribution in [1.82, 2.24) is 9.88 Å². The predicted octanol–water partition coefficient (Wildman–Crippen LogP) is 3.10. The second-order valence-corrected chi connectivity index (χ2v) is 7.31. The molecule has 1 amide bonds. The van der Waals surface area contributed by atoms with Crippen LogP contribution in [0.1, 0.15) is 20.3 Å². The molecule has 2 rings (SSSR count). The van der Waals surface area contributed by atoms with Gasteiger partial charge in [0.1, 0.15) is 0 Å². The summed E-state index contributed by atoms with van der Waals surface area (Å²) in [6.45, 7) is 4.02. The molecule has 1 aromatic carbocycles. The highest BCUT2D eigenvalue weighted by atomic mass is 32.2. The molecule has 0 unspecified atom stereocenters. The number of carbonyl (C=O) groups is 2. The zero-order valence-corrected chi connectivity index (χ0v) is 14.1. The van der Waals surface area contributed by atoms with Crippen LogP contribution in [0.4, 0.5) is 0 Å². The first-order valence-corrected chi connectivity index (χ1v) is 8.77. The average molecular weight is 338 g/mol. The number of carboxylic acid groups (broad SMARTS) is 1. The molecule has 0 radical (unpaired) electrons. The lowest BCUT2D eigenvalue weighted by Crippen LogP contribution is -2.39. The molecule has 5 nitrogen and oxygen atoms in total. The van der Waals surface area contributed by atoms with Gasteiger partial charge in [0.25, 0.3) is 0 Å². The molecule has 0 aliphatic heterocycles. The number of carbonyl (C=O) groups excluding carboxylic acids is 1. The minimum atomic E-state index is -0.891. The lowest BCUT2D eigenvalue weighted by atomic mass is 10.3. The fourth-order valence-corrected chi connectivity index (χ4v) is 3.96. The van der Waals surface area contributed by atoms with E-state index in [1.54, 1.807) is 16.2 Å². The van der Waals surface area contributed by atoms with Crippen LogP contribution in [0.15, 0.2) is 28.6 Å². The molecule has 1 N–H and O–H groups in total. The summed E-state index contributed by atoms with van der Waals surface area (Å²) in [5.74, 6) is -0.671. The molecule has 0 spiro atoms. The number of para-hydroxylation sites is 1. The van der Waals surface area contributed by atoms with E-state index in [-0.39, 0.29) is 30.7 Å². The van der Waals surface area contributed by atoms with E-state index in [0.717, 1.165) is 14.6 Å².